The molecule has 0 aromatic carbocycles. The lowest BCUT2D eigenvalue weighted by Gasteiger charge is -2.27. The summed E-state index contributed by atoms with van der Waals surface area (Å²) in [7, 11) is 0. The van der Waals surface area contributed by atoms with Gasteiger partial charge in [-0.25, -0.2) is 0 Å². The molecule has 0 amide bonds. The van der Waals surface area contributed by atoms with Crippen LogP contribution in [-0.4, -0.2) is 19.3 Å². The molecule has 1 N–H and O–H groups in total. The maximum absolute atomic E-state index is 12.2. The molecule has 0 radical (unpaired) electrons. The molecule has 0 spiro atoms. The van der Waals surface area contributed by atoms with Crippen molar-refractivity contribution < 1.29 is 13.2 Å². The first-order valence-electron chi connectivity index (χ1n) is 5.26. The van der Waals surface area contributed by atoms with Gasteiger partial charge in [0.1, 0.15) is 0 Å². The van der Waals surface area contributed by atoms with E-state index in [2.05, 4.69) is 5.32 Å². The van der Waals surface area contributed by atoms with Crippen LogP contribution in [-0.2, 0) is 0 Å². The van der Waals surface area contributed by atoms with Gasteiger partial charge < -0.3 is 5.32 Å². The first-order valence-corrected chi connectivity index (χ1v) is 5.26. The molecule has 5 heteroatoms. The summed E-state index contributed by atoms with van der Waals surface area (Å²) < 4.78 is 36.6. The van der Waals surface area contributed by atoms with E-state index in [4.69, 9.17) is 5.26 Å². The Morgan fingerprint density at radius 1 is 1.19 bits per heavy atom. The van der Waals surface area contributed by atoms with E-state index in [1.807, 2.05) is 27.7 Å². The largest absolute Gasteiger partial charge is 0.405 e. The number of halogens is 3. The molecular formula is C11H19F3N2. The Morgan fingerprint density at radius 2 is 1.69 bits per heavy atom. The highest BCUT2D eigenvalue weighted by Gasteiger charge is 2.39. The molecular weight excluding hydrogens is 217 g/mol. The third-order valence-corrected chi connectivity index (χ3v) is 2.83. The zero-order valence-electron chi connectivity index (χ0n) is 10.2. The average molecular weight is 236 g/mol. The fourth-order valence-corrected chi connectivity index (χ4v) is 0.985. The summed E-state index contributed by atoms with van der Waals surface area (Å²) in [5.74, 6) is -1.67. The summed E-state index contributed by atoms with van der Waals surface area (Å²) in [4.78, 5) is 0. The highest BCUT2D eigenvalue weighted by atomic mass is 19.4. The molecule has 2 unspecified atom stereocenters. The van der Waals surface area contributed by atoms with Crippen molar-refractivity contribution in [2.24, 2.45) is 17.3 Å². The third-order valence-electron chi connectivity index (χ3n) is 2.83. The van der Waals surface area contributed by atoms with Crippen LogP contribution in [0.5, 0.6) is 0 Å². The van der Waals surface area contributed by atoms with Crippen molar-refractivity contribution >= 4 is 0 Å². The van der Waals surface area contributed by atoms with Crippen molar-refractivity contribution in [1.82, 2.24) is 5.32 Å². The molecule has 94 valence electrons. The van der Waals surface area contributed by atoms with E-state index in [1.165, 1.54) is 6.07 Å². The van der Waals surface area contributed by atoms with Crippen LogP contribution in [0.15, 0.2) is 0 Å². The Bertz CT molecular complexity index is 247. The van der Waals surface area contributed by atoms with Gasteiger partial charge in [-0.1, -0.05) is 27.7 Å². The van der Waals surface area contributed by atoms with Gasteiger partial charge in [-0.2, -0.15) is 18.4 Å². The maximum Gasteiger partial charge on any atom is 0.405 e. The summed E-state index contributed by atoms with van der Waals surface area (Å²) >= 11 is 0. The van der Waals surface area contributed by atoms with Crippen LogP contribution in [0.1, 0.15) is 27.7 Å². The predicted molar refractivity (Wildman–Crippen MR) is 56.6 cm³/mol. The number of nitrogens with one attached hydrogen (secondary N) is 1. The van der Waals surface area contributed by atoms with Gasteiger partial charge in [0, 0.05) is 6.54 Å². The van der Waals surface area contributed by atoms with Crippen molar-refractivity contribution in [3.63, 3.8) is 0 Å². The van der Waals surface area contributed by atoms with Gasteiger partial charge >= 0.3 is 6.18 Å². The molecule has 0 heterocycles. The smallest absolute Gasteiger partial charge is 0.315 e. The molecule has 0 aliphatic rings. The molecule has 0 bridgehead atoms. The van der Waals surface area contributed by atoms with Gasteiger partial charge in [0.25, 0.3) is 0 Å². The Morgan fingerprint density at radius 3 is 2.00 bits per heavy atom. The number of rotatable bonds is 4. The summed E-state index contributed by atoms with van der Waals surface area (Å²) in [6.45, 7) is 8.22. The van der Waals surface area contributed by atoms with Gasteiger partial charge in [0.15, 0.2) is 5.92 Å². The summed E-state index contributed by atoms with van der Waals surface area (Å²) in [6, 6.07) is 1.27. The topological polar surface area (TPSA) is 35.8 Å². The highest BCUT2D eigenvalue weighted by Crippen LogP contribution is 2.26. The van der Waals surface area contributed by atoms with E-state index in [1.54, 1.807) is 0 Å². The lowest BCUT2D eigenvalue weighted by molar-refractivity contribution is -0.157. The number of alkyl halides is 3. The normalized spacial score (nSPS) is 16.6. The van der Waals surface area contributed by atoms with Gasteiger partial charge in [-0.05, 0) is 17.9 Å². The van der Waals surface area contributed by atoms with Crippen molar-refractivity contribution in [2.45, 2.75) is 33.9 Å². The number of nitriles is 1. The Labute approximate surface area is 94.8 Å². The molecule has 0 aliphatic heterocycles. The van der Waals surface area contributed by atoms with E-state index in [0.29, 0.717) is 6.54 Å². The van der Waals surface area contributed by atoms with Crippen molar-refractivity contribution in [1.29, 1.82) is 5.26 Å². The zero-order chi connectivity index (χ0) is 13.0. The quantitative estimate of drug-likeness (QED) is 0.814. The number of hydrogen-bond acceptors (Lipinski definition) is 2. The van der Waals surface area contributed by atoms with Crippen LogP contribution in [0.4, 0.5) is 13.2 Å². The Hall–Kier alpha value is -0.760. The number of hydrogen-bond donors (Lipinski definition) is 1. The van der Waals surface area contributed by atoms with E-state index < -0.39 is 12.1 Å². The van der Waals surface area contributed by atoms with Crippen molar-refractivity contribution in [2.75, 3.05) is 13.1 Å². The molecule has 2 nitrogen and oxygen atoms in total. The zero-order valence-corrected chi connectivity index (χ0v) is 10.2. The molecule has 16 heavy (non-hydrogen) atoms. The Kier molecular flexibility index (Phi) is 5.27. The lowest BCUT2D eigenvalue weighted by Crippen LogP contribution is -2.36. The van der Waals surface area contributed by atoms with Gasteiger partial charge in [-0.3, -0.25) is 0 Å². The monoisotopic (exact) mass is 236 g/mol. The van der Waals surface area contributed by atoms with Crippen molar-refractivity contribution in [3.8, 4) is 6.07 Å². The van der Waals surface area contributed by atoms with E-state index in [0.717, 1.165) is 0 Å². The SMILES string of the molecule is CC(CNCC(C#N)C(F)(F)F)C(C)(C)C. The second-order valence-corrected chi connectivity index (χ2v) is 5.15. The molecule has 0 aromatic rings. The van der Waals surface area contributed by atoms with Crippen LogP contribution < -0.4 is 5.32 Å². The lowest BCUT2D eigenvalue weighted by atomic mass is 9.82. The van der Waals surface area contributed by atoms with Crippen LogP contribution in [0, 0.1) is 28.6 Å². The second kappa shape index (κ2) is 5.53. The van der Waals surface area contributed by atoms with E-state index in [9.17, 15) is 13.2 Å². The summed E-state index contributed by atoms with van der Waals surface area (Å²) in [6.07, 6.45) is -4.44. The van der Waals surface area contributed by atoms with Crippen LogP contribution in [0.2, 0.25) is 0 Å². The number of nitrogens with zero attached hydrogens (tertiary/aromatic N) is 1. The molecule has 0 saturated heterocycles. The van der Waals surface area contributed by atoms with E-state index >= 15 is 0 Å². The van der Waals surface area contributed by atoms with Crippen LogP contribution in [0.25, 0.3) is 0 Å². The minimum Gasteiger partial charge on any atom is -0.315 e. The van der Waals surface area contributed by atoms with Gasteiger partial charge in [0.2, 0.25) is 0 Å². The fraction of sp³-hybridized carbons (Fsp3) is 0.909. The van der Waals surface area contributed by atoms with Crippen LogP contribution in [0.3, 0.4) is 0 Å². The minimum absolute atomic E-state index is 0.0490. The van der Waals surface area contributed by atoms with E-state index in [-0.39, 0.29) is 17.9 Å². The second-order valence-electron chi connectivity index (χ2n) is 5.15. The fourth-order valence-electron chi connectivity index (χ4n) is 0.985. The maximum atomic E-state index is 12.2. The van der Waals surface area contributed by atoms with Gasteiger partial charge in [-0.15, -0.1) is 0 Å². The molecule has 0 fully saturated rings. The first kappa shape index (κ1) is 15.2. The molecule has 0 saturated carbocycles. The molecule has 0 aliphatic carbocycles. The average Bonchev–Trinajstić information content (AvgIpc) is 2.08. The predicted octanol–water partition coefficient (Wildman–Crippen LogP) is 2.96. The summed E-state index contributed by atoms with van der Waals surface area (Å²) in [5, 5.41) is 11.1. The first-order chi connectivity index (χ1) is 7.09. The molecule has 0 rings (SSSR count). The standard InChI is InChI=1S/C11H19F3N2/c1-8(10(2,3)4)6-16-7-9(5-15)11(12,13)14/h8-9,16H,6-7H2,1-4H3. The summed E-state index contributed by atoms with van der Waals surface area (Å²) in [5.41, 5.74) is 0.0490. The third kappa shape index (κ3) is 5.36. The van der Waals surface area contributed by atoms with Crippen molar-refractivity contribution in [3.05, 3.63) is 0 Å². The molecule has 0 aromatic heterocycles. The Balaban J connectivity index is 4.04. The minimum atomic E-state index is -4.44. The van der Waals surface area contributed by atoms with Crippen LogP contribution >= 0.6 is 0 Å². The highest BCUT2D eigenvalue weighted by molar-refractivity contribution is 4.90. The van der Waals surface area contributed by atoms with Gasteiger partial charge in [0.05, 0.1) is 6.07 Å². The molecule has 2 atom stereocenters.